The third-order valence-electron chi connectivity index (χ3n) is 3.30. The molecule has 0 N–H and O–H groups in total. The van der Waals surface area contributed by atoms with Crippen LogP contribution in [0.15, 0.2) is 11.4 Å². The van der Waals surface area contributed by atoms with Gasteiger partial charge in [0.05, 0.1) is 5.39 Å². The second-order valence-electron chi connectivity index (χ2n) is 4.45. The average molecular weight is 297 g/mol. The van der Waals surface area contributed by atoms with E-state index in [9.17, 15) is 4.79 Å². The van der Waals surface area contributed by atoms with Gasteiger partial charge in [0.15, 0.2) is 0 Å². The zero-order valence-electron chi connectivity index (χ0n) is 10.5. The van der Waals surface area contributed by atoms with E-state index in [0.29, 0.717) is 0 Å². The molecule has 5 nitrogen and oxygen atoms in total. The number of hydrogen-bond donors (Lipinski definition) is 0. The SMILES string of the molecule is CC(=O)N1CCN(c2nc(Cl)nc3sccc23)CC1. The molecule has 19 heavy (non-hydrogen) atoms. The minimum absolute atomic E-state index is 0.126. The molecule has 0 unspecified atom stereocenters. The molecule has 0 aliphatic carbocycles. The molecule has 3 heterocycles. The Labute approximate surface area is 119 Å². The van der Waals surface area contributed by atoms with Gasteiger partial charge in [-0.15, -0.1) is 11.3 Å². The number of nitrogens with zero attached hydrogens (tertiary/aromatic N) is 4. The molecule has 7 heteroatoms. The zero-order valence-corrected chi connectivity index (χ0v) is 12.0. The van der Waals surface area contributed by atoms with Gasteiger partial charge in [0.2, 0.25) is 11.2 Å². The highest BCUT2D eigenvalue weighted by atomic mass is 35.5. The summed E-state index contributed by atoms with van der Waals surface area (Å²) in [6, 6.07) is 2.02. The van der Waals surface area contributed by atoms with Crippen molar-refractivity contribution in [2.45, 2.75) is 6.92 Å². The summed E-state index contributed by atoms with van der Waals surface area (Å²) in [6.45, 7) is 4.61. The van der Waals surface area contributed by atoms with Crippen LogP contribution in [0.1, 0.15) is 6.92 Å². The number of piperazine rings is 1. The van der Waals surface area contributed by atoms with Crippen molar-refractivity contribution in [3.05, 3.63) is 16.7 Å². The lowest BCUT2D eigenvalue weighted by atomic mass is 10.2. The first-order chi connectivity index (χ1) is 9.15. The van der Waals surface area contributed by atoms with E-state index >= 15 is 0 Å². The number of rotatable bonds is 1. The van der Waals surface area contributed by atoms with Crippen LogP contribution >= 0.6 is 22.9 Å². The molecule has 2 aromatic rings. The molecule has 1 fully saturated rings. The second-order valence-corrected chi connectivity index (χ2v) is 5.68. The van der Waals surface area contributed by atoms with Crippen molar-refractivity contribution in [1.82, 2.24) is 14.9 Å². The lowest BCUT2D eigenvalue weighted by molar-refractivity contribution is -0.129. The van der Waals surface area contributed by atoms with Gasteiger partial charge in [-0.2, -0.15) is 4.98 Å². The molecule has 1 amide bonds. The minimum Gasteiger partial charge on any atom is -0.352 e. The number of thiophene rings is 1. The van der Waals surface area contributed by atoms with Gasteiger partial charge in [0.25, 0.3) is 0 Å². The van der Waals surface area contributed by atoms with Crippen molar-refractivity contribution in [2.24, 2.45) is 0 Å². The van der Waals surface area contributed by atoms with Crippen LogP contribution < -0.4 is 4.90 Å². The molecule has 1 aliphatic heterocycles. The molecule has 0 aromatic carbocycles. The summed E-state index contributed by atoms with van der Waals surface area (Å²) < 4.78 is 0. The number of halogens is 1. The second kappa shape index (κ2) is 4.94. The van der Waals surface area contributed by atoms with Crippen molar-refractivity contribution in [3.63, 3.8) is 0 Å². The van der Waals surface area contributed by atoms with Crippen LogP contribution in [0.4, 0.5) is 5.82 Å². The fourth-order valence-electron chi connectivity index (χ4n) is 2.29. The summed E-state index contributed by atoms with van der Waals surface area (Å²) in [5.41, 5.74) is 0. The Balaban J connectivity index is 1.89. The molecular weight excluding hydrogens is 284 g/mol. The molecule has 3 rings (SSSR count). The maximum atomic E-state index is 11.3. The summed E-state index contributed by atoms with van der Waals surface area (Å²) in [5, 5.41) is 3.30. The first-order valence-corrected chi connectivity index (χ1v) is 7.32. The van der Waals surface area contributed by atoms with Gasteiger partial charge in [-0.25, -0.2) is 4.98 Å². The molecule has 0 radical (unpaired) electrons. The Morgan fingerprint density at radius 1 is 1.32 bits per heavy atom. The van der Waals surface area contributed by atoms with Crippen molar-refractivity contribution >= 4 is 44.9 Å². The molecule has 1 aliphatic rings. The lowest BCUT2D eigenvalue weighted by Crippen LogP contribution is -2.48. The van der Waals surface area contributed by atoms with Crippen molar-refractivity contribution in [1.29, 1.82) is 0 Å². The smallest absolute Gasteiger partial charge is 0.225 e. The Bertz CT molecular complexity index is 621. The normalized spacial score (nSPS) is 16.1. The highest BCUT2D eigenvalue weighted by Crippen LogP contribution is 2.29. The highest BCUT2D eigenvalue weighted by molar-refractivity contribution is 7.16. The monoisotopic (exact) mass is 296 g/mol. The van der Waals surface area contributed by atoms with Crippen LogP contribution in [0.25, 0.3) is 10.2 Å². The number of amides is 1. The number of fused-ring (bicyclic) bond motifs is 1. The van der Waals surface area contributed by atoms with E-state index in [2.05, 4.69) is 14.9 Å². The molecule has 0 saturated carbocycles. The fraction of sp³-hybridized carbons (Fsp3) is 0.417. The van der Waals surface area contributed by atoms with Crippen LogP contribution in [0.2, 0.25) is 5.28 Å². The summed E-state index contributed by atoms with van der Waals surface area (Å²) >= 11 is 7.53. The largest absolute Gasteiger partial charge is 0.352 e. The predicted octanol–water partition coefficient (Wildman–Crippen LogP) is 2.01. The van der Waals surface area contributed by atoms with Crippen LogP contribution in [-0.2, 0) is 4.79 Å². The molecule has 0 spiro atoms. The van der Waals surface area contributed by atoms with E-state index < -0.39 is 0 Å². The van der Waals surface area contributed by atoms with Crippen LogP contribution in [0.3, 0.4) is 0 Å². The van der Waals surface area contributed by atoms with E-state index in [0.717, 1.165) is 42.2 Å². The van der Waals surface area contributed by atoms with Crippen LogP contribution in [-0.4, -0.2) is 47.0 Å². The minimum atomic E-state index is 0.126. The van der Waals surface area contributed by atoms with Gasteiger partial charge in [0, 0.05) is 33.1 Å². The summed E-state index contributed by atoms with van der Waals surface area (Å²) in [4.78, 5) is 24.8. The van der Waals surface area contributed by atoms with Gasteiger partial charge in [0.1, 0.15) is 10.6 Å². The van der Waals surface area contributed by atoms with Gasteiger partial charge in [-0.3, -0.25) is 4.79 Å². The quantitative estimate of drug-likeness (QED) is 0.756. The molecule has 1 saturated heterocycles. The highest BCUT2D eigenvalue weighted by Gasteiger charge is 2.22. The summed E-state index contributed by atoms with van der Waals surface area (Å²) in [7, 11) is 0. The van der Waals surface area contributed by atoms with Gasteiger partial charge in [-0.05, 0) is 23.0 Å². The Morgan fingerprint density at radius 3 is 2.74 bits per heavy atom. The van der Waals surface area contributed by atoms with Gasteiger partial charge >= 0.3 is 0 Å². The fourth-order valence-corrected chi connectivity index (χ4v) is 3.26. The standard InChI is InChI=1S/C12H13ClN4OS/c1-8(18)16-3-5-17(6-4-16)10-9-2-7-19-11(9)15-12(13)14-10/h2,7H,3-6H2,1H3. The number of carbonyl (C=O) groups is 1. The van der Waals surface area contributed by atoms with Crippen molar-refractivity contribution in [3.8, 4) is 0 Å². The predicted molar refractivity (Wildman–Crippen MR) is 76.9 cm³/mol. The van der Waals surface area contributed by atoms with E-state index in [1.54, 1.807) is 18.3 Å². The van der Waals surface area contributed by atoms with E-state index in [-0.39, 0.29) is 11.2 Å². The lowest BCUT2D eigenvalue weighted by Gasteiger charge is -2.35. The van der Waals surface area contributed by atoms with E-state index in [4.69, 9.17) is 11.6 Å². The topological polar surface area (TPSA) is 49.3 Å². The molecule has 0 bridgehead atoms. The zero-order chi connectivity index (χ0) is 13.4. The third-order valence-corrected chi connectivity index (χ3v) is 4.28. The number of aromatic nitrogens is 2. The molecular formula is C12H13ClN4OS. The number of carbonyl (C=O) groups excluding carboxylic acids is 1. The number of anilines is 1. The Hall–Kier alpha value is -1.40. The first kappa shape index (κ1) is 12.6. The third kappa shape index (κ3) is 2.37. The average Bonchev–Trinajstić information content (AvgIpc) is 2.85. The van der Waals surface area contributed by atoms with Gasteiger partial charge in [-0.1, -0.05) is 0 Å². The van der Waals surface area contributed by atoms with E-state index in [1.165, 1.54) is 0 Å². The molecule has 2 aromatic heterocycles. The van der Waals surface area contributed by atoms with Crippen molar-refractivity contribution < 1.29 is 4.79 Å². The van der Waals surface area contributed by atoms with Crippen LogP contribution in [0, 0.1) is 0 Å². The van der Waals surface area contributed by atoms with Crippen molar-refractivity contribution in [2.75, 3.05) is 31.1 Å². The van der Waals surface area contributed by atoms with E-state index in [1.807, 2.05) is 16.3 Å². The Morgan fingerprint density at radius 2 is 2.05 bits per heavy atom. The molecule has 100 valence electrons. The van der Waals surface area contributed by atoms with Gasteiger partial charge < -0.3 is 9.80 Å². The summed E-state index contributed by atoms with van der Waals surface area (Å²) in [6.07, 6.45) is 0. The first-order valence-electron chi connectivity index (χ1n) is 6.06. The maximum Gasteiger partial charge on any atom is 0.225 e. The molecule has 0 atom stereocenters. The number of hydrogen-bond acceptors (Lipinski definition) is 5. The summed E-state index contributed by atoms with van der Waals surface area (Å²) in [5.74, 6) is 1.00. The van der Waals surface area contributed by atoms with Crippen LogP contribution in [0.5, 0.6) is 0 Å². The Kier molecular flexibility index (Phi) is 3.28. The maximum absolute atomic E-state index is 11.3.